The largest absolute Gasteiger partial charge is 0.368 e. The second-order valence-electron chi connectivity index (χ2n) is 4.94. The first kappa shape index (κ1) is 13.8. The summed E-state index contributed by atoms with van der Waals surface area (Å²) in [5.41, 5.74) is 5.04. The number of aromatic nitrogens is 2. The van der Waals surface area contributed by atoms with Crippen molar-refractivity contribution in [1.82, 2.24) is 14.7 Å². The third-order valence-electron chi connectivity index (χ3n) is 3.11. The van der Waals surface area contributed by atoms with Crippen LogP contribution in [0.25, 0.3) is 0 Å². The van der Waals surface area contributed by atoms with Gasteiger partial charge in [0, 0.05) is 11.3 Å². The molecule has 0 aliphatic heterocycles. The van der Waals surface area contributed by atoms with Gasteiger partial charge in [-0.3, -0.25) is 4.79 Å². The summed E-state index contributed by atoms with van der Waals surface area (Å²) >= 11 is 3.10. The fourth-order valence-corrected chi connectivity index (χ4v) is 4.42. The molecular formula is C11H18N4OS2. The zero-order chi connectivity index (χ0) is 13.2. The molecule has 0 bridgehead atoms. The first-order chi connectivity index (χ1) is 8.52. The summed E-state index contributed by atoms with van der Waals surface area (Å²) in [5.74, 6) is -0.239. The van der Waals surface area contributed by atoms with Crippen LogP contribution in [0.1, 0.15) is 33.1 Å². The average Bonchev–Trinajstić information content (AvgIpc) is 2.89. The van der Waals surface area contributed by atoms with Crippen molar-refractivity contribution in [2.24, 2.45) is 5.73 Å². The van der Waals surface area contributed by atoms with Crippen LogP contribution in [0.2, 0.25) is 0 Å². The van der Waals surface area contributed by atoms with Crippen LogP contribution >= 0.6 is 23.3 Å². The van der Waals surface area contributed by atoms with E-state index in [0.29, 0.717) is 5.25 Å². The van der Waals surface area contributed by atoms with Gasteiger partial charge in [0.2, 0.25) is 5.91 Å². The molecule has 5 nitrogen and oxygen atoms in total. The Kier molecular flexibility index (Phi) is 4.24. The van der Waals surface area contributed by atoms with Gasteiger partial charge in [-0.2, -0.15) is 4.37 Å². The van der Waals surface area contributed by atoms with Crippen molar-refractivity contribution < 1.29 is 4.79 Å². The minimum absolute atomic E-state index is 0.239. The number of nitrogens with zero attached hydrogens (tertiary/aromatic N) is 2. The normalized spacial score (nSPS) is 27.8. The fraction of sp³-hybridized carbons (Fsp3) is 0.727. The van der Waals surface area contributed by atoms with Crippen LogP contribution in [0, 0.1) is 0 Å². The molecule has 3 N–H and O–H groups in total. The number of thioether (sulfide) groups is 1. The quantitative estimate of drug-likeness (QED) is 0.855. The summed E-state index contributed by atoms with van der Waals surface area (Å²) in [4.78, 5) is 15.9. The van der Waals surface area contributed by atoms with Gasteiger partial charge >= 0.3 is 0 Å². The average molecular weight is 286 g/mol. The second-order valence-corrected chi connectivity index (χ2v) is 7.26. The molecule has 2 unspecified atom stereocenters. The molecule has 1 heterocycles. The monoisotopic (exact) mass is 286 g/mol. The van der Waals surface area contributed by atoms with Crippen LogP contribution in [0.3, 0.4) is 0 Å². The SMILES string of the molecule is CC(C)NC1(C(N)=O)CCC(Sc2ncns2)C1. The van der Waals surface area contributed by atoms with Crippen LogP contribution in [-0.4, -0.2) is 32.1 Å². The van der Waals surface area contributed by atoms with Crippen LogP contribution in [-0.2, 0) is 4.79 Å². The number of primary amides is 1. The molecule has 1 aromatic rings. The summed E-state index contributed by atoms with van der Waals surface area (Å²) in [6, 6.07) is 0.253. The predicted molar refractivity (Wildman–Crippen MR) is 73.6 cm³/mol. The number of nitrogens with two attached hydrogens (primary N) is 1. The molecule has 2 atom stereocenters. The van der Waals surface area contributed by atoms with E-state index in [4.69, 9.17) is 5.73 Å². The summed E-state index contributed by atoms with van der Waals surface area (Å²) < 4.78 is 4.95. The molecule has 0 saturated heterocycles. The van der Waals surface area contributed by atoms with E-state index in [9.17, 15) is 4.79 Å². The Morgan fingerprint density at radius 1 is 1.72 bits per heavy atom. The van der Waals surface area contributed by atoms with Crippen molar-refractivity contribution in [2.45, 2.75) is 54.3 Å². The van der Waals surface area contributed by atoms with Crippen molar-refractivity contribution in [3.8, 4) is 0 Å². The van der Waals surface area contributed by atoms with Crippen molar-refractivity contribution in [3.63, 3.8) is 0 Å². The third-order valence-corrected chi connectivity index (χ3v) is 5.13. The van der Waals surface area contributed by atoms with Crippen LogP contribution in [0.5, 0.6) is 0 Å². The van der Waals surface area contributed by atoms with E-state index in [0.717, 1.165) is 23.6 Å². The molecule has 1 aliphatic carbocycles. The smallest absolute Gasteiger partial charge is 0.237 e. The Bertz CT molecular complexity index is 409. The van der Waals surface area contributed by atoms with Crippen molar-refractivity contribution in [3.05, 3.63) is 6.33 Å². The Morgan fingerprint density at radius 2 is 2.50 bits per heavy atom. The highest BCUT2D eigenvalue weighted by Crippen LogP contribution is 2.40. The van der Waals surface area contributed by atoms with Gasteiger partial charge in [0.1, 0.15) is 6.33 Å². The number of hydrogen-bond acceptors (Lipinski definition) is 6. The zero-order valence-corrected chi connectivity index (χ0v) is 12.2. The molecule has 1 aromatic heterocycles. The molecule has 1 saturated carbocycles. The number of amides is 1. The van der Waals surface area contributed by atoms with Gasteiger partial charge < -0.3 is 11.1 Å². The second kappa shape index (κ2) is 5.54. The predicted octanol–water partition coefficient (Wildman–Crippen LogP) is 1.40. The van der Waals surface area contributed by atoms with Crippen LogP contribution in [0.4, 0.5) is 0 Å². The van der Waals surface area contributed by atoms with Gasteiger partial charge in [0.25, 0.3) is 0 Å². The fourth-order valence-electron chi connectivity index (χ4n) is 2.44. The van der Waals surface area contributed by atoms with E-state index in [1.165, 1.54) is 11.5 Å². The summed E-state index contributed by atoms with van der Waals surface area (Å²) in [6.45, 7) is 4.08. The lowest BCUT2D eigenvalue weighted by atomic mass is 9.96. The van der Waals surface area contributed by atoms with E-state index in [2.05, 4.69) is 14.7 Å². The Balaban J connectivity index is 2.01. The molecule has 1 fully saturated rings. The highest BCUT2D eigenvalue weighted by atomic mass is 32.2. The number of carbonyl (C=O) groups is 1. The molecule has 0 aromatic carbocycles. The number of nitrogens with one attached hydrogen (secondary N) is 1. The molecule has 1 amide bonds. The lowest BCUT2D eigenvalue weighted by Gasteiger charge is -2.29. The van der Waals surface area contributed by atoms with Crippen molar-refractivity contribution in [1.29, 1.82) is 0 Å². The standard InChI is InChI=1S/C11H18N4OS2/c1-7(2)15-11(9(12)16)4-3-8(5-11)17-10-13-6-14-18-10/h6-8,15H,3-5H2,1-2H3,(H2,12,16). The maximum atomic E-state index is 11.7. The third kappa shape index (κ3) is 3.02. The van der Waals surface area contributed by atoms with Gasteiger partial charge in [-0.15, -0.1) is 0 Å². The highest BCUT2D eigenvalue weighted by Gasteiger charge is 2.44. The van der Waals surface area contributed by atoms with Crippen LogP contribution in [0.15, 0.2) is 10.7 Å². The molecule has 2 rings (SSSR count). The molecule has 0 radical (unpaired) electrons. The first-order valence-corrected chi connectivity index (χ1v) is 7.68. The Labute approximate surface area is 115 Å². The molecule has 0 spiro atoms. The Morgan fingerprint density at radius 3 is 3.06 bits per heavy atom. The molecule has 18 heavy (non-hydrogen) atoms. The van der Waals surface area contributed by atoms with Gasteiger partial charge in [-0.1, -0.05) is 11.8 Å². The number of hydrogen-bond donors (Lipinski definition) is 2. The lowest BCUT2D eigenvalue weighted by Crippen LogP contribution is -2.56. The van der Waals surface area contributed by atoms with E-state index in [1.807, 2.05) is 13.8 Å². The van der Waals surface area contributed by atoms with Gasteiger partial charge in [-0.25, -0.2) is 4.98 Å². The number of rotatable bonds is 5. The van der Waals surface area contributed by atoms with Crippen molar-refractivity contribution >= 4 is 29.2 Å². The lowest BCUT2D eigenvalue weighted by molar-refractivity contribution is -0.124. The zero-order valence-electron chi connectivity index (χ0n) is 10.5. The Hall–Kier alpha value is -0.660. The van der Waals surface area contributed by atoms with E-state index in [-0.39, 0.29) is 11.9 Å². The van der Waals surface area contributed by atoms with Gasteiger partial charge in [0.05, 0.1) is 5.54 Å². The topological polar surface area (TPSA) is 80.9 Å². The maximum absolute atomic E-state index is 11.7. The first-order valence-electron chi connectivity index (χ1n) is 6.03. The van der Waals surface area contributed by atoms with Crippen molar-refractivity contribution in [2.75, 3.05) is 0 Å². The molecule has 1 aliphatic rings. The molecular weight excluding hydrogens is 268 g/mol. The molecule has 7 heteroatoms. The summed E-state index contributed by atoms with van der Waals surface area (Å²) in [6.07, 6.45) is 4.12. The van der Waals surface area contributed by atoms with E-state index >= 15 is 0 Å². The highest BCUT2D eigenvalue weighted by molar-refractivity contribution is 8.01. The van der Waals surface area contributed by atoms with E-state index < -0.39 is 5.54 Å². The van der Waals surface area contributed by atoms with E-state index in [1.54, 1.807) is 18.1 Å². The van der Waals surface area contributed by atoms with Gasteiger partial charge in [0.15, 0.2) is 4.34 Å². The minimum Gasteiger partial charge on any atom is -0.368 e. The minimum atomic E-state index is -0.545. The number of carbonyl (C=O) groups excluding carboxylic acids is 1. The summed E-state index contributed by atoms with van der Waals surface area (Å²) in [5, 5.41) is 3.73. The molecule has 100 valence electrons. The summed E-state index contributed by atoms with van der Waals surface area (Å²) in [7, 11) is 0. The van der Waals surface area contributed by atoms with Crippen LogP contribution < -0.4 is 11.1 Å². The van der Waals surface area contributed by atoms with Gasteiger partial charge in [-0.05, 0) is 44.6 Å². The maximum Gasteiger partial charge on any atom is 0.237 e.